The minimum atomic E-state index is -0.779. The van der Waals surface area contributed by atoms with Crippen LogP contribution >= 0.6 is 0 Å². The zero-order valence-electron chi connectivity index (χ0n) is 11.7. The number of rotatable bonds is 4. The molecule has 1 unspecified atom stereocenters. The van der Waals surface area contributed by atoms with Gasteiger partial charge in [0.15, 0.2) is 0 Å². The molecule has 1 saturated heterocycles. The van der Waals surface area contributed by atoms with Crippen molar-refractivity contribution in [3.63, 3.8) is 0 Å². The number of aliphatic hydroxyl groups is 1. The van der Waals surface area contributed by atoms with Gasteiger partial charge in [-0.3, -0.25) is 9.59 Å². The summed E-state index contributed by atoms with van der Waals surface area (Å²) in [4.78, 5) is 23.8. The molecule has 0 aromatic rings. The van der Waals surface area contributed by atoms with Gasteiger partial charge in [-0.2, -0.15) is 0 Å². The fourth-order valence-electron chi connectivity index (χ4n) is 2.30. The molecule has 0 bridgehead atoms. The minimum Gasteiger partial charge on any atom is -0.373 e. The van der Waals surface area contributed by atoms with E-state index in [-0.39, 0.29) is 18.1 Å². The number of amides is 1. The molecule has 0 spiro atoms. The van der Waals surface area contributed by atoms with Crippen LogP contribution in [0.5, 0.6) is 0 Å². The number of aliphatic hydroxyl groups excluding tert-OH is 1. The van der Waals surface area contributed by atoms with Gasteiger partial charge in [-0.25, -0.2) is 0 Å². The van der Waals surface area contributed by atoms with Gasteiger partial charge >= 0.3 is 0 Å². The number of piperidine rings is 1. The van der Waals surface area contributed by atoms with E-state index in [2.05, 4.69) is 17.2 Å². The molecule has 3 N–H and O–H groups in total. The van der Waals surface area contributed by atoms with Gasteiger partial charge in [-0.1, -0.05) is 6.08 Å². The molecule has 1 heterocycles. The highest BCUT2D eigenvalue weighted by molar-refractivity contribution is 6.10. The van der Waals surface area contributed by atoms with Crippen molar-refractivity contribution in [2.45, 2.75) is 45.3 Å². The summed E-state index contributed by atoms with van der Waals surface area (Å²) in [5.41, 5.74) is 2.67. The van der Waals surface area contributed by atoms with E-state index in [9.17, 15) is 14.7 Å². The third-order valence-electron chi connectivity index (χ3n) is 3.35. The first-order chi connectivity index (χ1) is 9.52. The molecule has 5 nitrogen and oxygen atoms in total. The number of nitrogens with one attached hydrogen (secondary N) is 2. The SMILES string of the molecule is C=CCC/C(NC(C)=O)=C1\CC(O)NC(=C2CC2)C1=O. The van der Waals surface area contributed by atoms with E-state index in [1.54, 1.807) is 6.08 Å². The molecule has 2 aliphatic rings. The molecule has 108 valence electrons. The van der Waals surface area contributed by atoms with Gasteiger partial charge in [0, 0.05) is 24.6 Å². The Kier molecular flexibility index (Phi) is 4.39. The van der Waals surface area contributed by atoms with E-state index in [4.69, 9.17) is 0 Å². The average Bonchev–Trinajstić information content (AvgIpc) is 3.21. The number of carbonyl (C=O) groups is 2. The molecule has 2 fully saturated rings. The van der Waals surface area contributed by atoms with Crippen LogP contribution in [0, 0.1) is 0 Å². The third kappa shape index (κ3) is 3.36. The van der Waals surface area contributed by atoms with Crippen molar-refractivity contribution in [2.24, 2.45) is 0 Å². The second-order valence-corrected chi connectivity index (χ2v) is 5.14. The molecule has 1 aliphatic heterocycles. The van der Waals surface area contributed by atoms with Gasteiger partial charge in [-0.05, 0) is 31.3 Å². The van der Waals surface area contributed by atoms with Crippen LogP contribution in [0.4, 0.5) is 0 Å². The van der Waals surface area contributed by atoms with E-state index in [0.717, 1.165) is 18.4 Å². The first-order valence-electron chi connectivity index (χ1n) is 6.84. The van der Waals surface area contributed by atoms with Crippen LogP contribution in [-0.2, 0) is 9.59 Å². The Labute approximate surface area is 118 Å². The maximum atomic E-state index is 12.5. The third-order valence-corrected chi connectivity index (χ3v) is 3.35. The predicted molar refractivity (Wildman–Crippen MR) is 75.3 cm³/mol. The number of carbonyl (C=O) groups excluding carboxylic acids is 2. The number of ketones is 1. The molecule has 0 radical (unpaired) electrons. The van der Waals surface area contributed by atoms with Crippen molar-refractivity contribution in [3.05, 3.63) is 35.2 Å². The lowest BCUT2D eigenvalue weighted by molar-refractivity contribution is -0.118. The van der Waals surface area contributed by atoms with Gasteiger partial charge in [0.1, 0.15) is 6.23 Å². The Bertz CT molecular complexity index is 511. The molecule has 2 rings (SSSR count). The summed E-state index contributed by atoms with van der Waals surface area (Å²) >= 11 is 0. The van der Waals surface area contributed by atoms with Crippen molar-refractivity contribution < 1.29 is 14.7 Å². The van der Waals surface area contributed by atoms with E-state index in [1.165, 1.54) is 6.92 Å². The van der Waals surface area contributed by atoms with Crippen molar-refractivity contribution in [2.75, 3.05) is 0 Å². The van der Waals surface area contributed by atoms with Crippen LogP contribution in [0.3, 0.4) is 0 Å². The second kappa shape index (κ2) is 6.05. The fraction of sp³-hybridized carbons (Fsp3) is 0.467. The summed E-state index contributed by atoms with van der Waals surface area (Å²) in [5, 5.41) is 15.5. The van der Waals surface area contributed by atoms with Gasteiger partial charge in [0.05, 0.1) is 5.70 Å². The van der Waals surface area contributed by atoms with E-state index >= 15 is 0 Å². The quantitative estimate of drug-likeness (QED) is 0.534. The lowest BCUT2D eigenvalue weighted by Crippen LogP contribution is -2.40. The highest BCUT2D eigenvalue weighted by Gasteiger charge is 2.33. The molecule has 0 aromatic heterocycles. The van der Waals surface area contributed by atoms with Crippen molar-refractivity contribution in [1.29, 1.82) is 0 Å². The Balaban J connectivity index is 2.33. The summed E-state index contributed by atoms with van der Waals surface area (Å²) < 4.78 is 0. The normalized spacial score (nSPS) is 24.1. The number of allylic oxidation sites excluding steroid dienone is 4. The molecule has 1 atom stereocenters. The van der Waals surface area contributed by atoms with Crippen molar-refractivity contribution >= 4 is 11.7 Å². The average molecular weight is 276 g/mol. The topological polar surface area (TPSA) is 78.4 Å². The Morgan fingerprint density at radius 2 is 2.25 bits per heavy atom. The number of hydrogen-bond donors (Lipinski definition) is 3. The standard InChI is InChI=1S/C15H20N2O3/c1-3-4-5-12(16-9(2)18)11-8-13(19)17-14(15(11)20)10-6-7-10/h3,13,17,19H,1,4-8H2,2H3,(H,16,18)/b12-11-. The van der Waals surface area contributed by atoms with E-state index in [1.807, 2.05) is 0 Å². The fourth-order valence-corrected chi connectivity index (χ4v) is 2.30. The van der Waals surface area contributed by atoms with Crippen LogP contribution in [-0.4, -0.2) is 23.0 Å². The summed E-state index contributed by atoms with van der Waals surface area (Å²) in [7, 11) is 0. The lowest BCUT2D eigenvalue weighted by atomic mass is 9.95. The van der Waals surface area contributed by atoms with Gasteiger partial charge < -0.3 is 15.7 Å². The maximum absolute atomic E-state index is 12.5. The van der Waals surface area contributed by atoms with E-state index < -0.39 is 6.23 Å². The van der Waals surface area contributed by atoms with Gasteiger partial charge in [0.2, 0.25) is 11.7 Å². The molecule has 1 amide bonds. The lowest BCUT2D eigenvalue weighted by Gasteiger charge is -2.26. The highest BCUT2D eigenvalue weighted by Crippen LogP contribution is 2.35. The smallest absolute Gasteiger partial charge is 0.221 e. The first-order valence-corrected chi connectivity index (χ1v) is 6.84. The van der Waals surface area contributed by atoms with Crippen LogP contribution in [0.25, 0.3) is 0 Å². The van der Waals surface area contributed by atoms with Crippen LogP contribution in [0.1, 0.15) is 39.0 Å². The Morgan fingerprint density at radius 3 is 2.80 bits per heavy atom. The zero-order chi connectivity index (χ0) is 14.7. The molecule has 1 saturated carbocycles. The van der Waals surface area contributed by atoms with Crippen molar-refractivity contribution in [1.82, 2.24) is 10.6 Å². The molecular formula is C15H20N2O3. The van der Waals surface area contributed by atoms with Crippen LogP contribution < -0.4 is 10.6 Å². The highest BCUT2D eigenvalue weighted by atomic mass is 16.3. The van der Waals surface area contributed by atoms with Gasteiger partial charge in [0.25, 0.3) is 0 Å². The zero-order valence-corrected chi connectivity index (χ0v) is 11.7. The summed E-state index contributed by atoms with van der Waals surface area (Å²) in [6.45, 7) is 5.07. The minimum absolute atomic E-state index is 0.101. The maximum Gasteiger partial charge on any atom is 0.221 e. The molecule has 20 heavy (non-hydrogen) atoms. The largest absolute Gasteiger partial charge is 0.373 e. The second-order valence-electron chi connectivity index (χ2n) is 5.14. The molecule has 0 aromatic carbocycles. The number of hydrogen-bond acceptors (Lipinski definition) is 4. The molecule has 5 heteroatoms. The predicted octanol–water partition coefficient (Wildman–Crippen LogP) is 1.27. The van der Waals surface area contributed by atoms with Crippen molar-refractivity contribution in [3.8, 4) is 0 Å². The summed E-state index contributed by atoms with van der Waals surface area (Å²) in [6.07, 6.45) is 4.18. The first kappa shape index (κ1) is 14.5. The van der Waals surface area contributed by atoms with Crippen LogP contribution in [0.15, 0.2) is 35.2 Å². The number of Topliss-reactive ketones (excluding diaryl/α,β-unsaturated/α-hetero) is 1. The molecular weight excluding hydrogens is 256 g/mol. The molecule has 1 aliphatic carbocycles. The Hall–Kier alpha value is -1.88. The van der Waals surface area contributed by atoms with Crippen LogP contribution in [0.2, 0.25) is 0 Å². The monoisotopic (exact) mass is 276 g/mol. The Morgan fingerprint density at radius 1 is 1.55 bits per heavy atom. The van der Waals surface area contributed by atoms with E-state index in [0.29, 0.717) is 29.8 Å². The summed E-state index contributed by atoms with van der Waals surface area (Å²) in [5.74, 6) is -0.311. The summed E-state index contributed by atoms with van der Waals surface area (Å²) in [6, 6.07) is 0. The van der Waals surface area contributed by atoms with Gasteiger partial charge in [-0.15, -0.1) is 6.58 Å².